The van der Waals surface area contributed by atoms with E-state index >= 15 is 0 Å². The van der Waals surface area contributed by atoms with Crippen LogP contribution in [-0.4, -0.2) is 48.2 Å². The van der Waals surface area contributed by atoms with E-state index in [1.165, 1.54) is 0 Å². The molecule has 0 radical (unpaired) electrons. The highest BCUT2D eigenvalue weighted by Crippen LogP contribution is 2.35. The van der Waals surface area contributed by atoms with Crippen LogP contribution in [-0.2, 0) is 4.79 Å². The molecule has 1 saturated carbocycles. The molecule has 74 valence electrons. The Labute approximate surface area is 77.9 Å². The van der Waals surface area contributed by atoms with E-state index in [0.29, 0.717) is 5.92 Å². The Morgan fingerprint density at radius 3 is 2.46 bits per heavy atom. The molecule has 4 heteroatoms. The minimum Gasteiger partial charge on any atom is -0.480 e. The number of carbonyl (C=O) groups is 1. The topological polar surface area (TPSA) is 52.6 Å². The Morgan fingerprint density at radius 1 is 1.38 bits per heavy atom. The highest BCUT2D eigenvalue weighted by atomic mass is 16.4. The molecule has 0 aromatic heterocycles. The van der Waals surface area contributed by atoms with Gasteiger partial charge < -0.3 is 10.4 Å². The third-order valence-corrected chi connectivity index (χ3v) is 2.87. The van der Waals surface area contributed by atoms with Gasteiger partial charge in [-0.1, -0.05) is 0 Å². The van der Waals surface area contributed by atoms with Crippen LogP contribution in [0.4, 0.5) is 0 Å². The Kier molecular flexibility index (Phi) is 2.51. The summed E-state index contributed by atoms with van der Waals surface area (Å²) in [6.45, 7) is 3.62. The molecular formula is C9H16N2O2. The van der Waals surface area contributed by atoms with Gasteiger partial charge in [-0.15, -0.1) is 0 Å². The van der Waals surface area contributed by atoms with Gasteiger partial charge in [0.15, 0.2) is 0 Å². The molecule has 13 heavy (non-hydrogen) atoms. The number of hydrogen-bond acceptors (Lipinski definition) is 3. The number of hydrogen-bond donors (Lipinski definition) is 2. The second kappa shape index (κ2) is 3.64. The lowest BCUT2D eigenvalue weighted by Gasteiger charge is -2.32. The molecule has 2 N–H and O–H groups in total. The van der Waals surface area contributed by atoms with Gasteiger partial charge in [0.05, 0.1) is 0 Å². The fourth-order valence-corrected chi connectivity index (χ4v) is 2.03. The van der Waals surface area contributed by atoms with Crippen molar-refractivity contribution in [2.45, 2.75) is 18.9 Å². The van der Waals surface area contributed by atoms with E-state index in [2.05, 4.69) is 10.2 Å². The molecule has 1 atom stereocenters. The number of nitrogens with one attached hydrogen (secondary N) is 1. The van der Waals surface area contributed by atoms with Crippen LogP contribution in [0.25, 0.3) is 0 Å². The zero-order valence-corrected chi connectivity index (χ0v) is 7.70. The first-order chi connectivity index (χ1) is 6.29. The smallest absolute Gasteiger partial charge is 0.321 e. The second-order valence-corrected chi connectivity index (χ2v) is 3.91. The first kappa shape index (κ1) is 8.97. The Hall–Kier alpha value is -0.610. The Morgan fingerprint density at radius 2 is 2.00 bits per heavy atom. The van der Waals surface area contributed by atoms with E-state index in [4.69, 9.17) is 5.11 Å². The van der Waals surface area contributed by atoms with Gasteiger partial charge in [-0.25, -0.2) is 0 Å². The van der Waals surface area contributed by atoms with E-state index < -0.39 is 5.97 Å². The van der Waals surface area contributed by atoms with Crippen molar-refractivity contribution in [2.75, 3.05) is 26.2 Å². The highest BCUT2D eigenvalue weighted by Gasteiger charge is 2.40. The summed E-state index contributed by atoms with van der Waals surface area (Å²) < 4.78 is 0. The summed E-state index contributed by atoms with van der Waals surface area (Å²) in [5.74, 6) is -0.208. The van der Waals surface area contributed by atoms with Crippen molar-refractivity contribution in [1.29, 1.82) is 0 Å². The minimum absolute atomic E-state index is 0.206. The van der Waals surface area contributed by atoms with Gasteiger partial charge >= 0.3 is 5.97 Å². The van der Waals surface area contributed by atoms with Gasteiger partial charge in [0.2, 0.25) is 0 Å². The third kappa shape index (κ3) is 2.00. The van der Waals surface area contributed by atoms with Gasteiger partial charge in [0, 0.05) is 26.2 Å². The fourth-order valence-electron chi connectivity index (χ4n) is 2.03. The van der Waals surface area contributed by atoms with Crippen molar-refractivity contribution in [3.05, 3.63) is 0 Å². The van der Waals surface area contributed by atoms with Gasteiger partial charge in [-0.3, -0.25) is 9.69 Å². The van der Waals surface area contributed by atoms with Crippen molar-refractivity contribution >= 4 is 5.97 Å². The fraction of sp³-hybridized carbons (Fsp3) is 0.889. The van der Waals surface area contributed by atoms with Gasteiger partial charge in [0.1, 0.15) is 6.04 Å². The minimum atomic E-state index is -0.635. The number of aliphatic carboxylic acids is 1. The molecule has 1 aliphatic heterocycles. The van der Waals surface area contributed by atoms with Crippen molar-refractivity contribution in [1.82, 2.24) is 10.2 Å². The van der Waals surface area contributed by atoms with Crippen LogP contribution in [0.2, 0.25) is 0 Å². The SMILES string of the molecule is O=C(O)C(C1CC1)N1CCNCC1. The summed E-state index contributed by atoms with van der Waals surface area (Å²) in [5, 5.41) is 12.3. The van der Waals surface area contributed by atoms with Crippen molar-refractivity contribution < 1.29 is 9.90 Å². The Bertz CT molecular complexity index is 198. The van der Waals surface area contributed by atoms with Crippen LogP contribution in [0, 0.1) is 5.92 Å². The number of rotatable bonds is 3. The van der Waals surface area contributed by atoms with Gasteiger partial charge in [-0.2, -0.15) is 0 Å². The maximum absolute atomic E-state index is 11.0. The normalized spacial score (nSPS) is 27.1. The molecule has 0 aromatic carbocycles. The van der Waals surface area contributed by atoms with Crippen LogP contribution >= 0.6 is 0 Å². The quantitative estimate of drug-likeness (QED) is 0.635. The monoisotopic (exact) mass is 184 g/mol. The van der Waals surface area contributed by atoms with Crippen LogP contribution in [0.5, 0.6) is 0 Å². The van der Waals surface area contributed by atoms with E-state index in [-0.39, 0.29) is 6.04 Å². The summed E-state index contributed by atoms with van der Waals surface area (Å²) >= 11 is 0. The number of carboxylic acids is 1. The molecule has 1 unspecified atom stereocenters. The van der Waals surface area contributed by atoms with Crippen LogP contribution in [0.1, 0.15) is 12.8 Å². The number of piperazine rings is 1. The lowest BCUT2D eigenvalue weighted by Crippen LogP contribution is -2.52. The predicted molar refractivity (Wildman–Crippen MR) is 48.6 cm³/mol. The standard InChI is InChI=1S/C9H16N2O2/c12-9(13)8(7-1-2-7)11-5-3-10-4-6-11/h7-8,10H,1-6H2,(H,12,13). The maximum atomic E-state index is 11.0. The molecule has 2 fully saturated rings. The molecule has 1 saturated heterocycles. The summed E-state index contributed by atoms with van der Waals surface area (Å²) in [6.07, 6.45) is 2.20. The van der Waals surface area contributed by atoms with Crippen molar-refractivity contribution in [3.8, 4) is 0 Å². The van der Waals surface area contributed by atoms with Crippen LogP contribution in [0.3, 0.4) is 0 Å². The van der Waals surface area contributed by atoms with Gasteiger partial charge in [-0.05, 0) is 18.8 Å². The maximum Gasteiger partial charge on any atom is 0.321 e. The average molecular weight is 184 g/mol. The molecule has 0 amide bonds. The molecule has 2 aliphatic rings. The Balaban J connectivity index is 1.96. The molecule has 2 rings (SSSR count). The largest absolute Gasteiger partial charge is 0.480 e. The van der Waals surface area contributed by atoms with Gasteiger partial charge in [0.25, 0.3) is 0 Å². The first-order valence-electron chi connectivity index (χ1n) is 4.96. The van der Waals surface area contributed by atoms with E-state index in [1.807, 2.05) is 0 Å². The molecule has 4 nitrogen and oxygen atoms in total. The first-order valence-corrected chi connectivity index (χ1v) is 4.96. The van der Waals surface area contributed by atoms with Crippen molar-refractivity contribution in [3.63, 3.8) is 0 Å². The summed E-state index contributed by atoms with van der Waals surface area (Å²) in [4.78, 5) is 13.1. The molecular weight excluding hydrogens is 168 g/mol. The van der Waals surface area contributed by atoms with E-state index in [1.54, 1.807) is 0 Å². The molecule has 0 bridgehead atoms. The summed E-state index contributed by atoms with van der Waals surface area (Å²) in [6, 6.07) is -0.206. The van der Waals surface area contributed by atoms with E-state index in [0.717, 1.165) is 39.0 Å². The second-order valence-electron chi connectivity index (χ2n) is 3.91. The zero-order chi connectivity index (χ0) is 9.26. The van der Waals surface area contributed by atoms with Crippen molar-refractivity contribution in [2.24, 2.45) is 5.92 Å². The lowest BCUT2D eigenvalue weighted by molar-refractivity contribution is -0.144. The van der Waals surface area contributed by atoms with E-state index in [9.17, 15) is 4.79 Å². The zero-order valence-electron chi connectivity index (χ0n) is 7.70. The predicted octanol–water partition coefficient (Wildman–Crippen LogP) is -0.245. The van der Waals surface area contributed by atoms with Crippen LogP contribution < -0.4 is 5.32 Å². The molecule has 0 aromatic rings. The third-order valence-electron chi connectivity index (χ3n) is 2.87. The highest BCUT2D eigenvalue weighted by molar-refractivity contribution is 5.74. The van der Waals surface area contributed by atoms with Crippen LogP contribution in [0.15, 0.2) is 0 Å². The molecule has 0 spiro atoms. The molecule has 1 aliphatic carbocycles. The lowest BCUT2D eigenvalue weighted by atomic mass is 10.1. The number of carboxylic acid groups (broad SMARTS) is 1. The summed E-state index contributed by atoms with van der Waals surface area (Å²) in [5.41, 5.74) is 0. The number of nitrogens with zero attached hydrogens (tertiary/aromatic N) is 1. The molecule has 1 heterocycles. The average Bonchev–Trinajstić information content (AvgIpc) is 2.90. The summed E-state index contributed by atoms with van der Waals surface area (Å²) in [7, 11) is 0.